The molecule has 0 bridgehead atoms. The van der Waals surface area contributed by atoms with Gasteiger partial charge in [0.05, 0.1) is 5.60 Å². The second kappa shape index (κ2) is 6.50. The summed E-state index contributed by atoms with van der Waals surface area (Å²) in [7, 11) is 4.14. The first-order valence-corrected chi connectivity index (χ1v) is 8.58. The Morgan fingerprint density at radius 1 is 1.00 bits per heavy atom. The molecule has 0 heterocycles. The molecular weight excluding hydrogens is 286 g/mol. The predicted octanol–water partition coefficient (Wildman–Crippen LogP) is 3.89. The van der Waals surface area contributed by atoms with Crippen molar-refractivity contribution in [3.63, 3.8) is 0 Å². The third kappa shape index (κ3) is 3.51. The quantitative estimate of drug-likeness (QED) is 0.900. The highest BCUT2D eigenvalue weighted by atomic mass is 16.3. The second-order valence-corrected chi connectivity index (χ2v) is 7.27. The van der Waals surface area contributed by atoms with Gasteiger partial charge in [0.1, 0.15) is 5.75 Å². The number of rotatable bonds is 4. The lowest BCUT2D eigenvalue weighted by atomic mass is 9.72. The minimum atomic E-state index is -0.604. The molecule has 0 amide bonds. The molecule has 0 saturated heterocycles. The lowest BCUT2D eigenvalue weighted by Gasteiger charge is -2.41. The summed E-state index contributed by atoms with van der Waals surface area (Å²) in [4.78, 5) is 2.16. The summed E-state index contributed by atoms with van der Waals surface area (Å²) in [6.45, 7) is 0.847. The Morgan fingerprint density at radius 2 is 1.65 bits per heavy atom. The average Bonchev–Trinajstić information content (AvgIpc) is 2.52. The number of phenols is 1. The van der Waals surface area contributed by atoms with Crippen molar-refractivity contribution in [2.45, 2.75) is 43.6 Å². The summed E-state index contributed by atoms with van der Waals surface area (Å²) < 4.78 is 0. The maximum absolute atomic E-state index is 11.3. The van der Waals surface area contributed by atoms with Crippen molar-refractivity contribution in [3.05, 3.63) is 42.0 Å². The van der Waals surface area contributed by atoms with Crippen molar-refractivity contribution >= 4 is 10.8 Å². The molecule has 3 nitrogen and oxygen atoms in total. The van der Waals surface area contributed by atoms with Crippen molar-refractivity contribution in [2.75, 3.05) is 20.6 Å². The van der Waals surface area contributed by atoms with E-state index >= 15 is 0 Å². The first-order valence-electron chi connectivity index (χ1n) is 8.58. The van der Waals surface area contributed by atoms with E-state index in [2.05, 4.69) is 37.2 Å². The van der Waals surface area contributed by atoms with Crippen LogP contribution in [0.25, 0.3) is 10.8 Å². The largest absolute Gasteiger partial charge is 0.508 e. The van der Waals surface area contributed by atoms with Crippen molar-refractivity contribution in [1.82, 2.24) is 4.90 Å². The lowest BCUT2D eigenvalue weighted by molar-refractivity contribution is -0.0277. The predicted molar refractivity (Wildman–Crippen MR) is 94.9 cm³/mol. The molecule has 0 radical (unpaired) electrons. The zero-order valence-corrected chi connectivity index (χ0v) is 14.1. The molecule has 2 aromatic carbocycles. The molecule has 3 rings (SSSR count). The zero-order chi connectivity index (χ0) is 16.4. The van der Waals surface area contributed by atoms with Gasteiger partial charge in [0.15, 0.2) is 0 Å². The molecule has 1 saturated carbocycles. The van der Waals surface area contributed by atoms with E-state index in [-0.39, 0.29) is 5.92 Å². The van der Waals surface area contributed by atoms with Gasteiger partial charge in [-0.25, -0.2) is 0 Å². The number of phenolic OH excluding ortho intramolecular Hbond substituents is 1. The molecule has 1 atom stereocenters. The summed E-state index contributed by atoms with van der Waals surface area (Å²) in [5.41, 5.74) is 0.592. The van der Waals surface area contributed by atoms with Crippen LogP contribution in [0.15, 0.2) is 36.4 Å². The van der Waals surface area contributed by atoms with Gasteiger partial charge in [-0.1, -0.05) is 43.5 Å². The molecule has 1 aliphatic rings. The Hall–Kier alpha value is -1.58. The van der Waals surface area contributed by atoms with Gasteiger partial charge in [-0.05, 0) is 55.4 Å². The molecule has 0 aromatic heterocycles. The number of fused-ring (bicyclic) bond motifs is 1. The van der Waals surface area contributed by atoms with Gasteiger partial charge in [0, 0.05) is 12.5 Å². The third-order valence-corrected chi connectivity index (χ3v) is 5.17. The molecular formula is C20H27NO2. The van der Waals surface area contributed by atoms with Gasteiger partial charge >= 0.3 is 0 Å². The number of nitrogens with zero attached hydrogens (tertiary/aromatic N) is 1. The van der Waals surface area contributed by atoms with Crippen LogP contribution >= 0.6 is 0 Å². The first-order chi connectivity index (χ1) is 11.0. The summed E-state index contributed by atoms with van der Waals surface area (Å²) in [6, 6.07) is 11.8. The number of aliphatic hydroxyl groups is 1. The van der Waals surface area contributed by atoms with Crippen molar-refractivity contribution in [2.24, 2.45) is 0 Å². The Kier molecular flexibility index (Phi) is 4.60. The maximum atomic E-state index is 11.3. The topological polar surface area (TPSA) is 43.7 Å². The zero-order valence-electron chi connectivity index (χ0n) is 14.1. The van der Waals surface area contributed by atoms with E-state index in [0.29, 0.717) is 5.75 Å². The van der Waals surface area contributed by atoms with Gasteiger partial charge in [0.25, 0.3) is 0 Å². The van der Waals surface area contributed by atoms with Gasteiger partial charge < -0.3 is 15.1 Å². The van der Waals surface area contributed by atoms with E-state index in [1.807, 2.05) is 6.07 Å². The molecule has 2 aromatic rings. The summed E-state index contributed by atoms with van der Waals surface area (Å²) >= 11 is 0. The van der Waals surface area contributed by atoms with E-state index < -0.39 is 5.60 Å². The summed E-state index contributed by atoms with van der Waals surface area (Å²) in [5, 5.41) is 23.1. The van der Waals surface area contributed by atoms with Gasteiger partial charge in [-0.3, -0.25) is 0 Å². The van der Waals surface area contributed by atoms with Crippen LogP contribution in [0.4, 0.5) is 0 Å². The third-order valence-electron chi connectivity index (χ3n) is 5.17. The van der Waals surface area contributed by atoms with Crippen LogP contribution in [0.3, 0.4) is 0 Å². The number of aromatic hydroxyl groups is 1. The highest BCUT2D eigenvalue weighted by molar-refractivity contribution is 5.84. The molecule has 0 aliphatic heterocycles. The van der Waals surface area contributed by atoms with Crippen molar-refractivity contribution in [1.29, 1.82) is 0 Å². The number of likely N-dealkylation sites (N-methyl/N-ethyl adjacent to an activating group) is 1. The highest BCUT2D eigenvalue weighted by Crippen LogP contribution is 2.41. The molecule has 0 spiro atoms. The highest BCUT2D eigenvalue weighted by Gasteiger charge is 2.38. The normalized spacial score (nSPS) is 19.1. The van der Waals surface area contributed by atoms with Gasteiger partial charge in [0.2, 0.25) is 0 Å². The fraction of sp³-hybridized carbons (Fsp3) is 0.500. The van der Waals surface area contributed by atoms with Crippen LogP contribution < -0.4 is 0 Å². The number of benzene rings is 2. The van der Waals surface area contributed by atoms with Crippen LogP contribution in [-0.4, -0.2) is 41.4 Å². The van der Waals surface area contributed by atoms with Crippen molar-refractivity contribution in [3.8, 4) is 5.75 Å². The van der Waals surface area contributed by atoms with Crippen molar-refractivity contribution < 1.29 is 10.2 Å². The Balaban J connectivity index is 2.00. The number of hydrogen-bond donors (Lipinski definition) is 2. The monoisotopic (exact) mass is 313 g/mol. The van der Waals surface area contributed by atoms with Gasteiger partial charge in [-0.2, -0.15) is 0 Å². The van der Waals surface area contributed by atoms with E-state index in [0.717, 1.165) is 43.0 Å². The molecule has 3 heteroatoms. The maximum Gasteiger partial charge on any atom is 0.116 e. The van der Waals surface area contributed by atoms with Gasteiger partial charge in [-0.15, -0.1) is 0 Å². The Morgan fingerprint density at radius 3 is 2.35 bits per heavy atom. The second-order valence-electron chi connectivity index (χ2n) is 7.27. The average molecular weight is 313 g/mol. The molecule has 1 aliphatic carbocycles. The summed E-state index contributed by atoms with van der Waals surface area (Å²) in [6.07, 6.45) is 5.23. The number of hydrogen-bond acceptors (Lipinski definition) is 3. The molecule has 124 valence electrons. The molecule has 23 heavy (non-hydrogen) atoms. The van der Waals surface area contributed by atoms with Crippen LogP contribution in [0.5, 0.6) is 5.75 Å². The van der Waals surface area contributed by atoms with E-state index in [4.69, 9.17) is 0 Å². The first kappa shape index (κ1) is 16.3. The smallest absolute Gasteiger partial charge is 0.116 e. The fourth-order valence-electron chi connectivity index (χ4n) is 3.93. The van der Waals surface area contributed by atoms with Crippen LogP contribution in [0.1, 0.15) is 43.6 Å². The SMILES string of the molecule is CN(C)CC(c1ccc2cc(O)ccc2c1)C1(O)CCCCC1. The Labute approximate surface area is 138 Å². The minimum Gasteiger partial charge on any atom is -0.508 e. The van der Waals surface area contributed by atoms with Crippen LogP contribution in [-0.2, 0) is 0 Å². The fourth-order valence-corrected chi connectivity index (χ4v) is 3.93. The van der Waals surface area contributed by atoms with E-state index in [1.54, 1.807) is 12.1 Å². The van der Waals surface area contributed by atoms with Crippen LogP contribution in [0, 0.1) is 0 Å². The Bertz CT molecular complexity index is 674. The van der Waals surface area contributed by atoms with Crippen LogP contribution in [0.2, 0.25) is 0 Å². The summed E-state index contributed by atoms with van der Waals surface area (Å²) in [5.74, 6) is 0.414. The van der Waals surface area contributed by atoms with E-state index in [9.17, 15) is 10.2 Å². The molecule has 1 fully saturated rings. The minimum absolute atomic E-state index is 0.121. The molecule has 1 unspecified atom stereocenters. The lowest BCUT2D eigenvalue weighted by Crippen LogP contribution is -2.42. The standard InChI is InChI=1S/C20H27NO2/c1-21(2)14-19(20(23)10-4-3-5-11-20)17-7-6-16-13-18(22)9-8-15(16)12-17/h6-9,12-13,19,22-23H,3-5,10-11,14H2,1-2H3. The van der Waals surface area contributed by atoms with E-state index in [1.165, 1.54) is 12.0 Å². The molecule has 2 N–H and O–H groups in total.